The van der Waals surface area contributed by atoms with Crippen LogP contribution in [0.25, 0.3) is 0 Å². The van der Waals surface area contributed by atoms with Gasteiger partial charge in [-0.15, -0.1) is 0 Å². The van der Waals surface area contributed by atoms with Crippen LogP contribution in [0.4, 0.5) is 0 Å². The molecule has 0 aliphatic carbocycles. The first kappa shape index (κ1) is 9.71. The third-order valence-corrected chi connectivity index (χ3v) is 2.99. The lowest BCUT2D eigenvalue weighted by atomic mass is 10.1. The first-order chi connectivity index (χ1) is 6.70. The number of aromatic nitrogens is 1. The molecule has 1 fully saturated rings. The molecule has 1 saturated heterocycles. The molecule has 2 atom stereocenters. The molecule has 0 bridgehead atoms. The minimum absolute atomic E-state index is 0.455. The minimum Gasteiger partial charge on any atom is -0.359 e. The summed E-state index contributed by atoms with van der Waals surface area (Å²) < 4.78 is 5.34. The zero-order valence-electron chi connectivity index (χ0n) is 9.16. The summed E-state index contributed by atoms with van der Waals surface area (Å²) in [7, 11) is 0. The Kier molecular flexibility index (Phi) is 2.59. The second-order valence-corrected chi connectivity index (χ2v) is 4.31. The van der Waals surface area contributed by atoms with E-state index in [0.29, 0.717) is 6.04 Å². The van der Waals surface area contributed by atoms with Crippen molar-refractivity contribution in [3.05, 3.63) is 17.5 Å². The summed E-state index contributed by atoms with van der Waals surface area (Å²) in [6.45, 7) is 8.75. The SMILES string of the molecule is CCN1C[C@H](C)C[C@H]1c1cc(C)no1. The molecule has 1 aliphatic rings. The van der Waals surface area contributed by atoms with Gasteiger partial charge in [-0.3, -0.25) is 4.90 Å². The summed E-state index contributed by atoms with van der Waals surface area (Å²) in [6.07, 6.45) is 1.20. The van der Waals surface area contributed by atoms with Crippen LogP contribution in [0.3, 0.4) is 0 Å². The second kappa shape index (κ2) is 3.73. The summed E-state index contributed by atoms with van der Waals surface area (Å²) in [5.41, 5.74) is 0.982. The molecule has 3 nitrogen and oxygen atoms in total. The van der Waals surface area contributed by atoms with Gasteiger partial charge < -0.3 is 4.52 Å². The molecular formula is C11H18N2O. The maximum absolute atomic E-state index is 5.34. The van der Waals surface area contributed by atoms with Crippen molar-refractivity contribution in [3.8, 4) is 0 Å². The number of rotatable bonds is 2. The van der Waals surface area contributed by atoms with Gasteiger partial charge in [0.2, 0.25) is 0 Å². The summed E-state index contributed by atoms with van der Waals surface area (Å²) in [6, 6.07) is 2.52. The second-order valence-electron chi connectivity index (χ2n) is 4.31. The van der Waals surface area contributed by atoms with Crippen molar-refractivity contribution in [1.82, 2.24) is 10.1 Å². The summed E-state index contributed by atoms with van der Waals surface area (Å²) >= 11 is 0. The molecule has 3 heteroatoms. The number of aryl methyl sites for hydroxylation is 1. The molecular weight excluding hydrogens is 176 g/mol. The van der Waals surface area contributed by atoms with Crippen molar-refractivity contribution >= 4 is 0 Å². The van der Waals surface area contributed by atoms with Crippen LogP contribution in [0.5, 0.6) is 0 Å². The topological polar surface area (TPSA) is 29.3 Å². The van der Waals surface area contributed by atoms with E-state index in [9.17, 15) is 0 Å². The van der Waals surface area contributed by atoms with E-state index >= 15 is 0 Å². The van der Waals surface area contributed by atoms with Gasteiger partial charge in [0.15, 0.2) is 5.76 Å². The van der Waals surface area contributed by atoms with Crippen LogP contribution in [0, 0.1) is 12.8 Å². The minimum atomic E-state index is 0.455. The van der Waals surface area contributed by atoms with E-state index in [1.165, 1.54) is 13.0 Å². The zero-order chi connectivity index (χ0) is 10.1. The van der Waals surface area contributed by atoms with Crippen molar-refractivity contribution in [3.63, 3.8) is 0 Å². The van der Waals surface area contributed by atoms with Gasteiger partial charge in [0, 0.05) is 12.6 Å². The molecule has 14 heavy (non-hydrogen) atoms. The van der Waals surface area contributed by atoms with Gasteiger partial charge in [-0.2, -0.15) is 0 Å². The highest BCUT2D eigenvalue weighted by molar-refractivity contribution is 5.10. The van der Waals surface area contributed by atoms with E-state index in [-0.39, 0.29) is 0 Å². The van der Waals surface area contributed by atoms with E-state index < -0.39 is 0 Å². The van der Waals surface area contributed by atoms with Gasteiger partial charge in [0.25, 0.3) is 0 Å². The molecule has 1 aromatic rings. The highest BCUT2D eigenvalue weighted by Gasteiger charge is 2.31. The number of hydrogen-bond donors (Lipinski definition) is 0. The predicted octanol–water partition coefficient (Wildman–Crippen LogP) is 2.39. The molecule has 0 saturated carbocycles. The fourth-order valence-electron chi connectivity index (χ4n) is 2.32. The maximum atomic E-state index is 5.34. The van der Waals surface area contributed by atoms with E-state index in [2.05, 4.69) is 30.0 Å². The Morgan fingerprint density at radius 1 is 1.64 bits per heavy atom. The Morgan fingerprint density at radius 2 is 2.43 bits per heavy atom. The summed E-state index contributed by atoms with van der Waals surface area (Å²) in [4.78, 5) is 2.46. The highest BCUT2D eigenvalue weighted by Crippen LogP contribution is 2.34. The van der Waals surface area contributed by atoms with E-state index in [0.717, 1.165) is 23.9 Å². The Hall–Kier alpha value is -0.830. The molecule has 0 unspecified atom stereocenters. The van der Waals surface area contributed by atoms with Gasteiger partial charge in [-0.1, -0.05) is 19.0 Å². The molecule has 2 rings (SSSR count). The van der Waals surface area contributed by atoms with Gasteiger partial charge in [0.05, 0.1) is 11.7 Å². The normalized spacial score (nSPS) is 28.5. The Labute approximate surface area is 85.1 Å². The molecule has 0 radical (unpaired) electrons. The van der Waals surface area contributed by atoms with E-state index in [4.69, 9.17) is 4.52 Å². The smallest absolute Gasteiger partial charge is 0.154 e. The lowest BCUT2D eigenvalue weighted by Gasteiger charge is -2.19. The van der Waals surface area contributed by atoms with Crippen molar-refractivity contribution in [2.75, 3.05) is 13.1 Å². The van der Waals surface area contributed by atoms with Crippen molar-refractivity contribution in [2.24, 2.45) is 5.92 Å². The first-order valence-corrected chi connectivity index (χ1v) is 5.38. The average Bonchev–Trinajstić information content (AvgIpc) is 2.71. The highest BCUT2D eigenvalue weighted by atomic mass is 16.5. The Balaban J connectivity index is 2.17. The van der Waals surface area contributed by atoms with Crippen molar-refractivity contribution in [1.29, 1.82) is 0 Å². The third kappa shape index (κ3) is 1.69. The third-order valence-electron chi connectivity index (χ3n) is 2.99. The van der Waals surface area contributed by atoms with E-state index in [1.54, 1.807) is 0 Å². The molecule has 2 heterocycles. The Bertz CT molecular complexity index is 308. The van der Waals surface area contributed by atoms with Crippen LogP contribution in [-0.2, 0) is 0 Å². The zero-order valence-corrected chi connectivity index (χ0v) is 9.16. The first-order valence-electron chi connectivity index (χ1n) is 5.38. The van der Waals surface area contributed by atoms with Crippen LogP contribution in [-0.4, -0.2) is 23.1 Å². The molecule has 1 aliphatic heterocycles. The molecule has 78 valence electrons. The number of hydrogen-bond acceptors (Lipinski definition) is 3. The van der Waals surface area contributed by atoms with E-state index in [1.807, 2.05) is 6.92 Å². The summed E-state index contributed by atoms with van der Waals surface area (Å²) in [5.74, 6) is 1.80. The lowest BCUT2D eigenvalue weighted by molar-refractivity contribution is 0.222. The van der Waals surface area contributed by atoms with Gasteiger partial charge in [-0.05, 0) is 25.8 Å². The maximum Gasteiger partial charge on any atom is 0.154 e. The standard InChI is InChI=1S/C11H18N2O/c1-4-13-7-8(2)5-10(13)11-6-9(3)12-14-11/h6,8,10H,4-5,7H2,1-3H3/t8-,10+/m1/s1. The molecule has 1 aromatic heterocycles. The number of nitrogens with zero attached hydrogens (tertiary/aromatic N) is 2. The lowest BCUT2D eigenvalue weighted by Crippen LogP contribution is -2.22. The van der Waals surface area contributed by atoms with Crippen LogP contribution < -0.4 is 0 Å². The summed E-state index contributed by atoms with van der Waals surface area (Å²) in [5, 5.41) is 3.95. The van der Waals surface area contributed by atoms with Gasteiger partial charge in [-0.25, -0.2) is 0 Å². The fraction of sp³-hybridized carbons (Fsp3) is 0.727. The van der Waals surface area contributed by atoms with Crippen LogP contribution in [0.1, 0.15) is 37.8 Å². The quantitative estimate of drug-likeness (QED) is 0.724. The van der Waals surface area contributed by atoms with Crippen LogP contribution in [0.2, 0.25) is 0 Å². The molecule has 0 N–H and O–H groups in total. The van der Waals surface area contributed by atoms with Crippen molar-refractivity contribution in [2.45, 2.75) is 33.2 Å². The van der Waals surface area contributed by atoms with Crippen molar-refractivity contribution < 1.29 is 4.52 Å². The molecule has 0 amide bonds. The largest absolute Gasteiger partial charge is 0.359 e. The number of likely N-dealkylation sites (tertiary alicyclic amines) is 1. The molecule has 0 aromatic carbocycles. The van der Waals surface area contributed by atoms with Gasteiger partial charge >= 0.3 is 0 Å². The van der Waals surface area contributed by atoms with Gasteiger partial charge in [0.1, 0.15) is 0 Å². The average molecular weight is 194 g/mol. The molecule has 0 spiro atoms. The Morgan fingerprint density at radius 3 is 3.00 bits per heavy atom. The monoisotopic (exact) mass is 194 g/mol. The van der Waals surface area contributed by atoms with Crippen LogP contribution in [0.15, 0.2) is 10.6 Å². The van der Waals surface area contributed by atoms with Crippen LogP contribution >= 0.6 is 0 Å². The predicted molar refractivity (Wildman–Crippen MR) is 55.0 cm³/mol. The fourth-order valence-corrected chi connectivity index (χ4v) is 2.32.